The molecule has 0 radical (unpaired) electrons. The molecule has 2 aromatic heterocycles. The highest BCUT2D eigenvalue weighted by atomic mass is 19.1. The maximum atomic E-state index is 13.2. The van der Waals surface area contributed by atoms with Gasteiger partial charge in [-0.2, -0.15) is 4.98 Å². The zero-order chi connectivity index (χ0) is 21.8. The maximum Gasteiger partial charge on any atom is 0.308 e. The van der Waals surface area contributed by atoms with E-state index in [4.69, 9.17) is 9.52 Å². The molecule has 0 amide bonds. The van der Waals surface area contributed by atoms with Crippen LogP contribution in [-0.2, 0) is 4.79 Å². The fraction of sp³-hybridized carbons (Fsp3) is 0.125. The molecular weight excluding hydrogens is 397 g/mol. The second-order valence-electron chi connectivity index (χ2n) is 7.14. The molecule has 1 unspecified atom stereocenters. The normalized spacial score (nSPS) is 11.8. The van der Waals surface area contributed by atoms with Gasteiger partial charge in [-0.05, 0) is 35.4 Å². The van der Waals surface area contributed by atoms with Crippen molar-refractivity contribution in [2.45, 2.75) is 6.92 Å². The minimum absolute atomic E-state index is 0.186. The summed E-state index contributed by atoms with van der Waals surface area (Å²) in [4.78, 5) is 19.8. The Morgan fingerprint density at radius 1 is 1.03 bits per heavy atom. The van der Waals surface area contributed by atoms with Gasteiger partial charge in [-0.25, -0.2) is 4.39 Å². The highest BCUT2D eigenvalue weighted by molar-refractivity contribution is 5.79. The van der Waals surface area contributed by atoms with Gasteiger partial charge in [0.1, 0.15) is 11.5 Å². The van der Waals surface area contributed by atoms with Crippen LogP contribution < -0.4 is 5.32 Å². The van der Waals surface area contributed by atoms with Crippen molar-refractivity contribution in [2.24, 2.45) is 5.92 Å². The monoisotopic (exact) mass is 417 g/mol. The number of pyridine rings is 1. The molecule has 0 bridgehead atoms. The summed E-state index contributed by atoms with van der Waals surface area (Å²) in [5.74, 6) is -1.23. The first-order valence-electron chi connectivity index (χ1n) is 9.75. The zero-order valence-electron chi connectivity index (χ0n) is 16.7. The Kier molecular flexibility index (Phi) is 5.75. The van der Waals surface area contributed by atoms with Crippen LogP contribution >= 0.6 is 0 Å². The van der Waals surface area contributed by atoms with E-state index in [0.717, 1.165) is 22.3 Å². The largest absolute Gasteiger partial charge is 0.481 e. The molecule has 1 atom stereocenters. The summed E-state index contributed by atoms with van der Waals surface area (Å²) in [7, 11) is 0. The van der Waals surface area contributed by atoms with Crippen molar-refractivity contribution < 1.29 is 18.7 Å². The number of carbonyl (C=O) groups is 1. The van der Waals surface area contributed by atoms with Gasteiger partial charge in [-0.15, -0.1) is 0 Å². The number of halogens is 1. The van der Waals surface area contributed by atoms with Gasteiger partial charge in [0, 0.05) is 30.1 Å². The first kappa shape index (κ1) is 20.3. The molecule has 0 fully saturated rings. The Balaban J connectivity index is 1.67. The van der Waals surface area contributed by atoms with Crippen molar-refractivity contribution in [2.75, 3.05) is 11.9 Å². The molecule has 0 aliphatic rings. The molecule has 0 spiro atoms. The van der Waals surface area contributed by atoms with E-state index in [0.29, 0.717) is 11.5 Å². The average Bonchev–Trinajstić information content (AvgIpc) is 3.23. The number of aliphatic carboxylic acids is 1. The number of hydrogen-bond donors (Lipinski definition) is 2. The predicted molar refractivity (Wildman–Crippen MR) is 116 cm³/mol. The molecule has 156 valence electrons. The number of hydrogen-bond acceptors (Lipinski definition) is 5. The van der Waals surface area contributed by atoms with Gasteiger partial charge in [-0.1, -0.05) is 43.3 Å². The second kappa shape index (κ2) is 8.79. The number of benzene rings is 2. The summed E-state index contributed by atoms with van der Waals surface area (Å²) in [6.45, 7) is 1.79. The van der Waals surface area contributed by atoms with E-state index in [-0.39, 0.29) is 18.4 Å². The molecule has 0 aliphatic heterocycles. The molecule has 2 heterocycles. The topological polar surface area (TPSA) is 88.3 Å². The molecule has 4 rings (SSSR count). The van der Waals surface area contributed by atoms with Crippen LogP contribution in [0.5, 0.6) is 0 Å². The number of aromatic nitrogens is 2. The predicted octanol–water partition coefficient (Wildman–Crippen LogP) is 5.34. The molecule has 2 aromatic carbocycles. The van der Waals surface area contributed by atoms with E-state index < -0.39 is 11.9 Å². The van der Waals surface area contributed by atoms with Gasteiger partial charge in [0.2, 0.25) is 0 Å². The molecule has 0 saturated carbocycles. The Morgan fingerprint density at radius 2 is 1.68 bits per heavy atom. The van der Waals surface area contributed by atoms with Crippen molar-refractivity contribution >= 4 is 12.0 Å². The molecule has 2 N–H and O–H groups in total. The lowest BCUT2D eigenvalue weighted by Crippen LogP contribution is -2.19. The molecule has 4 aromatic rings. The van der Waals surface area contributed by atoms with Crippen LogP contribution in [0.4, 0.5) is 10.4 Å². The summed E-state index contributed by atoms with van der Waals surface area (Å²) in [5.41, 5.74) is 4.05. The number of carboxylic acid groups (broad SMARTS) is 1. The van der Waals surface area contributed by atoms with Gasteiger partial charge in [0.05, 0.1) is 5.92 Å². The SMILES string of the molecule is CC(CNc1nc(-c2ccc(-c3ccc(F)cc3)cc2)c(-c2cccnc2)o1)C(=O)O. The summed E-state index contributed by atoms with van der Waals surface area (Å²) >= 11 is 0. The van der Waals surface area contributed by atoms with Crippen LogP contribution in [0, 0.1) is 11.7 Å². The van der Waals surface area contributed by atoms with E-state index in [1.54, 1.807) is 37.5 Å². The summed E-state index contributed by atoms with van der Waals surface area (Å²) in [5, 5.41) is 12.0. The fourth-order valence-corrected chi connectivity index (χ4v) is 3.07. The third kappa shape index (κ3) is 4.61. The molecule has 7 heteroatoms. The molecule has 0 aliphatic carbocycles. The standard InChI is InChI=1S/C24H20FN3O3/c1-15(23(29)30)13-27-24-28-21(22(31-24)19-3-2-12-26-14-19)18-6-4-16(5-7-18)17-8-10-20(25)11-9-17/h2-12,14-15H,13H2,1H3,(H,27,28)(H,29,30). The van der Waals surface area contributed by atoms with Crippen molar-refractivity contribution in [3.63, 3.8) is 0 Å². The van der Waals surface area contributed by atoms with Crippen molar-refractivity contribution in [1.29, 1.82) is 0 Å². The van der Waals surface area contributed by atoms with Crippen molar-refractivity contribution in [3.05, 3.63) is 78.9 Å². The quantitative estimate of drug-likeness (QED) is 0.422. The van der Waals surface area contributed by atoms with Gasteiger partial charge in [0.15, 0.2) is 5.76 Å². The number of anilines is 1. The maximum absolute atomic E-state index is 13.2. The molecular formula is C24H20FN3O3. The smallest absolute Gasteiger partial charge is 0.308 e. The van der Waals surface area contributed by atoms with E-state index in [9.17, 15) is 9.18 Å². The number of nitrogens with one attached hydrogen (secondary N) is 1. The van der Waals surface area contributed by atoms with E-state index >= 15 is 0 Å². The van der Waals surface area contributed by atoms with Gasteiger partial charge < -0.3 is 14.8 Å². The lowest BCUT2D eigenvalue weighted by Gasteiger charge is -2.05. The highest BCUT2D eigenvalue weighted by Gasteiger charge is 2.19. The van der Waals surface area contributed by atoms with Crippen LogP contribution in [0.2, 0.25) is 0 Å². The second-order valence-corrected chi connectivity index (χ2v) is 7.14. The third-order valence-corrected chi connectivity index (χ3v) is 4.87. The average molecular weight is 417 g/mol. The van der Waals surface area contributed by atoms with Crippen molar-refractivity contribution in [1.82, 2.24) is 9.97 Å². The summed E-state index contributed by atoms with van der Waals surface area (Å²) in [6, 6.07) is 17.9. The van der Waals surface area contributed by atoms with Crippen LogP contribution in [0.3, 0.4) is 0 Å². The first-order valence-corrected chi connectivity index (χ1v) is 9.75. The van der Waals surface area contributed by atoms with Gasteiger partial charge in [-0.3, -0.25) is 9.78 Å². The van der Waals surface area contributed by atoms with Crippen LogP contribution in [0.1, 0.15) is 6.92 Å². The summed E-state index contributed by atoms with van der Waals surface area (Å²) < 4.78 is 19.1. The van der Waals surface area contributed by atoms with Gasteiger partial charge >= 0.3 is 5.97 Å². The lowest BCUT2D eigenvalue weighted by molar-refractivity contribution is -0.140. The first-order chi connectivity index (χ1) is 15.0. The minimum atomic E-state index is -0.900. The Bertz CT molecular complexity index is 1170. The Hall–Kier alpha value is -4.00. The highest BCUT2D eigenvalue weighted by Crippen LogP contribution is 2.35. The minimum Gasteiger partial charge on any atom is -0.481 e. The Morgan fingerprint density at radius 3 is 2.29 bits per heavy atom. The number of oxazole rings is 1. The van der Waals surface area contributed by atoms with E-state index in [1.807, 2.05) is 30.3 Å². The van der Waals surface area contributed by atoms with Gasteiger partial charge in [0.25, 0.3) is 6.01 Å². The van der Waals surface area contributed by atoms with Crippen LogP contribution in [-0.4, -0.2) is 27.6 Å². The fourth-order valence-electron chi connectivity index (χ4n) is 3.07. The molecule has 31 heavy (non-hydrogen) atoms. The zero-order valence-corrected chi connectivity index (χ0v) is 16.7. The van der Waals surface area contributed by atoms with Crippen LogP contribution in [0.15, 0.2) is 77.5 Å². The van der Waals surface area contributed by atoms with E-state index in [2.05, 4.69) is 15.3 Å². The van der Waals surface area contributed by atoms with Crippen LogP contribution in [0.25, 0.3) is 33.7 Å². The summed E-state index contributed by atoms with van der Waals surface area (Å²) in [6.07, 6.45) is 3.35. The number of rotatable bonds is 7. The molecule has 6 nitrogen and oxygen atoms in total. The number of carboxylic acids is 1. The third-order valence-electron chi connectivity index (χ3n) is 4.87. The van der Waals surface area contributed by atoms with Crippen molar-refractivity contribution in [3.8, 4) is 33.7 Å². The number of nitrogens with zero attached hydrogens (tertiary/aromatic N) is 2. The van der Waals surface area contributed by atoms with E-state index in [1.165, 1.54) is 12.1 Å². The molecule has 0 saturated heterocycles. The Labute approximate surface area is 178 Å². The lowest BCUT2D eigenvalue weighted by atomic mass is 10.0.